The van der Waals surface area contributed by atoms with Crippen LogP contribution in [0.4, 0.5) is 11.1 Å². The first-order chi connectivity index (χ1) is 13.4. The van der Waals surface area contributed by atoms with Gasteiger partial charge in [-0.1, -0.05) is 18.3 Å². The van der Waals surface area contributed by atoms with Gasteiger partial charge in [-0.25, -0.2) is 15.0 Å². The molecule has 0 saturated heterocycles. The van der Waals surface area contributed by atoms with E-state index in [0.717, 1.165) is 44.5 Å². The van der Waals surface area contributed by atoms with Crippen LogP contribution in [0.5, 0.6) is 0 Å². The predicted molar refractivity (Wildman–Crippen MR) is 118 cm³/mol. The van der Waals surface area contributed by atoms with E-state index in [9.17, 15) is 4.79 Å². The number of aromatic nitrogens is 3. The van der Waals surface area contributed by atoms with Gasteiger partial charge in [0, 0.05) is 35.9 Å². The van der Waals surface area contributed by atoms with Gasteiger partial charge in [0.05, 0.1) is 10.2 Å². The number of fused-ring (bicyclic) bond motifs is 1. The molecule has 1 unspecified atom stereocenters. The third-order valence-electron chi connectivity index (χ3n) is 4.59. The van der Waals surface area contributed by atoms with E-state index in [1.807, 2.05) is 38.6 Å². The molecule has 4 N–H and O–H groups in total. The Hall–Kier alpha value is -2.39. The van der Waals surface area contributed by atoms with Gasteiger partial charge in [0.1, 0.15) is 0 Å². The van der Waals surface area contributed by atoms with E-state index in [1.165, 1.54) is 11.3 Å². The van der Waals surface area contributed by atoms with E-state index >= 15 is 0 Å². The molecule has 28 heavy (non-hydrogen) atoms. The van der Waals surface area contributed by atoms with Crippen LogP contribution >= 0.6 is 23.1 Å². The lowest BCUT2D eigenvalue weighted by atomic mass is 10.0. The van der Waals surface area contributed by atoms with Gasteiger partial charge in [0.25, 0.3) is 0 Å². The monoisotopic (exact) mass is 416 g/mol. The summed E-state index contributed by atoms with van der Waals surface area (Å²) in [5.41, 5.74) is 8.86. The second-order valence-corrected chi connectivity index (χ2v) is 8.63. The number of carbonyl (C=O) groups is 1. The summed E-state index contributed by atoms with van der Waals surface area (Å²) in [6, 6.07) is 1.84. The molecule has 3 aromatic rings. The molecular weight excluding hydrogens is 392 g/mol. The highest BCUT2D eigenvalue weighted by Crippen LogP contribution is 2.31. The van der Waals surface area contributed by atoms with E-state index in [2.05, 4.69) is 27.5 Å². The van der Waals surface area contributed by atoms with Crippen molar-refractivity contribution >= 4 is 50.3 Å². The smallest absolute Gasteiger partial charge is 0.249 e. The third kappa shape index (κ3) is 4.53. The first kappa shape index (κ1) is 20.3. The minimum absolute atomic E-state index is 0.347. The number of rotatable bonds is 8. The van der Waals surface area contributed by atoms with E-state index < -0.39 is 5.91 Å². The van der Waals surface area contributed by atoms with Crippen LogP contribution in [0.3, 0.4) is 0 Å². The van der Waals surface area contributed by atoms with Crippen LogP contribution < -0.4 is 16.4 Å². The van der Waals surface area contributed by atoms with Gasteiger partial charge in [0.2, 0.25) is 11.9 Å². The van der Waals surface area contributed by atoms with Crippen molar-refractivity contribution in [2.45, 2.75) is 25.7 Å². The van der Waals surface area contributed by atoms with Gasteiger partial charge >= 0.3 is 0 Å². The van der Waals surface area contributed by atoms with Crippen molar-refractivity contribution in [2.75, 3.05) is 30.0 Å². The average Bonchev–Trinajstić information content (AvgIpc) is 3.11. The second kappa shape index (κ2) is 8.74. The Bertz CT molecular complexity index is 986. The fourth-order valence-electron chi connectivity index (χ4n) is 2.76. The summed E-state index contributed by atoms with van der Waals surface area (Å²) in [6.45, 7) is 7.53. The van der Waals surface area contributed by atoms with Crippen LogP contribution in [0.25, 0.3) is 10.2 Å². The number of anilines is 2. The average molecular weight is 417 g/mol. The molecule has 0 aliphatic carbocycles. The number of nitrogens with two attached hydrogens (primary N) is 1. The van der Waals surface area contributed by atoms with Crippen molar-refractivity contribution in [3.05, 3.63) is 35.2 Å². The summed E-state index contributed by atoms with van der Waals surface area (Å²) >= 11 is 3.15. The van der Waals surface area contributed by atoms with Crippen LogP contribution in [0.15, 0.2) is 23.4 Å². The number of nitrogens with zero attached hydrogens (tertiary/aromatic N) is 3. The Morgan fingerprint density at radius 3 is 2.54 bits per heavy atom. The molecular formula is C19H24N6OS2. The molecule has 1 aromatic carbocycles. The molecule has 1 amide bonds. The Kier molecular flexibility index (Phi) is 6.35. The zero-order valence-electron chi connectivity index (χ0n) is 16.4. The number of thioether (sulfide) groups is 1. The summed E-state index contributed by atoms with van der Waals surface area (Å²) in [7, 11) is 0. The van der Waals surface area contributed by atoms with Crippen molar-refractivity contribution in [1.82, 2.24) is 15.0 Å². The van der Waals surface area contributed by atoms with Crippen molar-refractivity contribution in [3.63, 3.8) is 0 Å². The maximum atomic E-state index is 11.6. The number of primary amides is 1. The molecule has 3 rings (SSSR count). The maximum absolute atomic E-state index is 11.6. The van der Waals surface area contributed by atoms with Gasteiger partial charge in [-0.15, -0.1) is 11.8 Å². The van der Waals surface area contributed by atoms with E-state index in [4.69, 9.17) is 10.7 Å². The number of thiazole rings is 1. The van der Waals surface area contributed by atoms with Gasteiger partial charge in [-0.2, -0.15) is 0 Å². The summed E-state index contributed by atoms with van der Waals surface area (Å²) in [4.78, 5) is 26.0. The zero-order valence-corrected chi connectivity index (χ0v) is 18.0. The SMILES string of the molecule is CSc1cnc(NCC(C)CNc2nc3c(C)c(C)c(C(N)=O)cc3s2)nc1. The highest BCUT2D eigenvalue weighted by molar-refractivity contribution is 7.98. The molecule has 0 saturated carbocycles. The summed E-state index contributed by atoms with van der Waals surface area (Å²) in [5.74, 6) is 0.576. The first-order valence-electron chi connectivity index (χ1n) is 8.93. The minimum atomic E-state index is -0.405. The van der Waals surface area contributed by atoms with Crippen molar-refractivity contribution in [1.29, 1.82) is 0 Å². The maximum Gasteiger partial charge on any atom is 0.249 e. The minimum Gasteiger partial charge on any atom is -0.366 e. The standard InChI is InChI=1S/C19H24N6OS2/c1-10(6-21-18-22-8-13(27-4)9-23-18)7-24-19-25-16-12(3)11(2)14(17(20)26)5-15(16)28-19/h5,8-10H,6-7H2,1-4H3,(H2,20,26)(H,24,25)(H,21,22,23). The van der Waals surface area contributed by atoms with Crippen molar-refractivity contribution < 1.29 is 4.79 Å². The second-order valence-electron chi connectivity index (χ2n) is 6.72. The molecule has 0 aliphatic rings. The topological polar surface area (TPSA) is 106 Å². The van der Waals surface area contributed by atoms with Gasteiger partial charge in [0.15, 0.2) is 5.13 Å². The summed E-state index contributed by atoms with van der Waals surface area (Å²) in [6.07, 6.45) is 5.63. The Balaban J connectivity index is 1.61. The van der Waals surface area contributed by atoms with Gasteiger partial charge in [-0.05, 0) is 43.2 Å². The fourth-order valence-corrected chi connectivity index (χ4v) is 4.05. The number of nitrogens with one attached hydrogen (secondary N) is 2. The molecule has 0 radical (unpaired) electrons. The van der Waals surface area contributed by atoms with Crippen LogP contribution in [0.2, 0.25) is 0 Å². The molecule has 2 aromatic heterocycles. The molecule has 0 aliphatic heterocycles. The largest absolute Gasteiger partial charge is 0.366 e. The number of hydrogen-bond donors (Lipinski definition) is 3. The van der Waals surface area contributed by atoms with E-state index in [0.29, 0.717) is 17.4 Å². The summed E-state index contributed by atoms with van der Waals surface area (Å²) < 4.78 is 0.965. The molecule has 9 heteroatoms. The summed E-state index contributed by atoms with van der Waals surface area (Å²) in [5, 5.41) is 7.49. The Morgan fingerprint density at radius 1 is 1.21 bits per heavy atom. The van der Waals surface area contributed by atoms with Crippen LogP contribution in [0, 0.1) is 19.8 Å². The quantitative estimate of drug-likeness (QED) is 0.481. The van der Waals surface area contributed by atoms with E-state index in [-0.39, 0.29) is 0 Å². The Labute approximate surface area is 172 Å². The van der Waals surface area contributed by atoms with Crippen LogP contribution in [-0.4, -0.2) is 40.2 Å². The highest BCUT2D eigenvalue weighted by atomic mass is 32.2. The molecule has 0 bridgehead atoms. The normalized spacial score (nSPS) is 12.1. The lowest BCUT2D eigenvalue weighted by Gasteiger charge is -2.13. The van der Waals surface area contributed by atoms with E-state index in [1.54, 1.807) is 11.8 Å². The molecule has 148 valence electrons. The lowest BCUT2D eigenvalue weighted by molar-refractivity contribution is 0.1000. The molecule has 0 spiro atoms. The number of aryl methyl sites for hydroxylation is 1. The fraction of sp³-hybridized carbons (Fsp3) is 0.368. The predicted octanol–water partition coefficient (Wildman–Crippen LogP) is 3.68. The molecule has 0 fully saturated rings. The van der Waals surface area contributed by atoms with Crippen LogP contribution in [-0.2, 0) is 0 Å². The van der Waals surface area contributed by atoms with Crippen molar-refractivity contribution in [2.24, 2.45) is 11.7 Å². The molecule has 2 heterocycles. The van der Waals surface area contributed by atoms with Gasteiger partial charge < -0.3 is 16.4 Å². The number of carbonyl (C=O) groups excluding carboxylic acids is 1. The van der Waals surface area contributed by atoms with Gasteiger partial charge in [-0.3, -0.25) is 4.79 Å². The van der Waals surface area contributed by atoms with Crippen LogP contribution in [0.1, 0.15) is 28.4 Å². The number of amides is 1. The molecule has 1 atom stereocenters. The third-order valence-corrected chi connectivity index (χ3v) is 6.23. The lowest BCUT2D eigenvalue weighted by Crippen LogP contribution is -2.20. The first-order valence-corrected chi connectivity index (χ1v) is 11.0. The van der Waals surface area contributed by atoms with Crippen molar-refractivity contribution in [3.8, 4) is 0 Å². The number of benzene rings is 1. The zero-order chi connectivity index (χ0) is 20.3. The highest BCUT2D eigenvalue weighted by Gasteiger charge is 2.15. The molecule has 7 nitrogen and oxygen atoms in total. The number of hydrogen-bond acceptors (Lipinski definition) is 8. The Morgan fingerprint density at radius 2 is 1.89 bits per heavy atom.